The highest BCUT2D eigenvalue weighted by atomic mass is 16.6. The van der Waals surface area contributed by atoms with Crippen LogP contribution in [-0.2, 0) is 0 Å². The van der Waals surface area contributed by atoms with Crippen molar-refractivity contribution in [1.82, 2.24) is 5.32 Å². The Balaban J connectivity index is 2.14. The van der Waals surface area contributed by atoms with Gasteiger partial charge in [0.15, 0.2) is 0 Å². The largest absolute Gasteiger partial charge is 0.335 e. The molecular weight excluding hydrogens is 222 g/mol. The second-order valence-electron chi connectivity index (χ2n) is 4.15. The Morgan fingerprint density at radius 1 is 1.47 bits per heavy atom. The van der Waals surface area contributed by atoms with E-state index >= 15 is 0 Å². The van der Waals surface area contributed by atoms with Crippen LogP contribution < -0.4 is 10.6 Å². The molecule has 0 heterocycles. The minimum absolute atomic E-state index is 0.0958. The molecule has 1 aromatic rings. The van der Waals surface area contributed by atoms with Crippen molar-refractivity contribution in [3.05, 3.63) is 33.9 Å². The van der Waals surface area contributed by atoms with Crippen molar-refractivity contribution in [2.75, 3.05) is 5.32 Å². The number of rotatable bonds is 3. The van der Waals surface area contributed by atoms with Gasteiger partial charge in [-0.3, -0.25) is 10.1 Å². The summed E-state index contributed by atoms with van der Waals surface area (Å²) in [5.41, 5.74) is 0.993. The van der Waals surface area contributed by atoms with Crippen LogP contribution in [-0.4, -0.2) is 17.0 Å². The lowest BCUT2D eigenvalue weighted by Crippen LogP contribution is -2.30. The molecule has 0 saturated heterocycles. The van der Waals surface area contributed by atoms with Crippen LogP contribution >= 0.6 is 0 Å². The van der Waals surface area contributed by atoms with E-state index in [1.54, 1.807) is 12.1 Å². The quantitative estimate of drug-likeness (QED) is 0.622. The third-order valence-electron chi connectivity index (χ3n) is 2.51. The highest BCUT2D eigenvalue weighted by molar-refractivity contribution is 5.92. The number of nitro benzene ring substituents is 1. The van der Waals surface area contributed by atoms with Crippen LogP contribution in [0.25, 0.3) is 0 Å². The number of benzene rings is 1. The maximum Gasteiger partial charge on any atom is 0.319 e. The summed E-state index contributed by atoms with van der Waals surface area (Å²) in [5, 5.41) is 16.0. The smallest absolute Gasteiger partial charge is 0.319 e. The van der Waals surface area contributed by atoms with Gasteiger partial charge >= 0.3 is 6.03 Å². The molecule has 6 nitrogen and oxygen atoms in total. The van der Waals surface area contributed by atoms with E-state index in [0.29, 0.717) is 0 Å². The molecule has 0 atom stereocenters. The number of amides is 2. The van der Waals surface area contributed by atoms with Gasteiger partial charge < -0.3 is 10.6 Å². The summed E-state index contributed by atoms with van der Waals surface area (Å²) in [5.74, 6) is 0. The van der Waals surface area contributed by atoms with Crippen molar-refractivity contribution in [3.8, 4) is 0 Å². The SMILES string of the molecule is Cc1ccc([N+](=O)[O-])c(NC(=O)NC2CC2)c1. The van der Waals surface area contributed by atoms with Gasteiger partial charge in [-0.2, -0.15) is 0 Å². The molecule has 0 spiro atoms. The molecule has 2 amide bonds. The van der Waals surface area contributed by atoms with Gasteiger partial charge in [0.25, 0.3) is 5.69 Å². The van der Waals surface area contributed by atoms with Crippen molar-refractivity contribution in [1.29, 1.82) is 0 Å². The van der Waals surface area contributed by atoms with Gasteiger partial charge in [0.05, 0.1) is 4.92 Å². The summed E-state index contributed by atoms with van der Waals surface area (Å²) in [4.78, 5) is 21.8. The molecule has 0 radical (unpaired) electrons. The standard InChI is InChI=1S/C11H13N3O3/c1-7-2-5-10(14(16)17)9(6-7)13-11(15)12-8-3-4-8/h2,5-6,8H,3-4H2,1H3,(H2,12,13,15). The minimum atomic E-state index is -0.508. The molecule has 17 heavy (non-hydrogen) atoms. The Hall–Kier alpha value is -2.11. The molecule has 0 aliphatic heterocycles. The van der Waals surface area contributed by atoms with Gasteiger partial charge in [-0.05, 0) is 31.4 Å². The first-order valence-electron chi connectivity index (χ1n) is 5.39. The van der Waals surface area contributed by atoms with Crippen molar-refractivity contribution >= 4 is 17.4 Å². The molecule has 1 aliphatic rings. The molecular formula is C11H13N3O3. The van der Waals surface area contributed by atoms with Crippen LogP contribution in [0.2, 0.25) is 0 Å². The van der Waals surface area contributed by atoms with Crippen molar-refractivity contribution in [2.24, 2.45) is 0 Å². The van der Waals surface area contributed by atoms with Gasteiger partial charge in [-0.15, -0.1) is 0 Å². The van der Waals surface area contributed by atoms with E-state index in [0.717, 1.165) is 18.4 Å². The minimum Gasteiger partial charge on any atom is -0.335 e. The second kappa shape index (κ2) is 4.40. The van der Waals surface area contributed by atoms with E-state index in [9.17, 15) is 14.9 Å². The van der Waals surface area contributed by atoms with Crippen molar-refractivity contribution < 1.29 is 9.72 Å². The summed E-state index contributed by atoms with van der Waals surface area (Å²) in [6.45, 7) is 1.81. The van der Waals surface area contributed by atoms with Crippen LogP contribution in [0, 0.1) is 17.0 Å². The highest BCUT2D eigenvalue weighted by Crippen LogP contribution is 2.25. The average Bonchev–Trinajstić information content (AvgIpc) is 3.00. The number of anilines is 1. The molecule has 90 valence electrons. The van der Waals surface area contributed by atoms with Gasteiger partial charge in [0, 0.05) is 12.1 Å². The monoisotopic (exact) mass is 235 g/mol. The third-order valence-corrected chi connectivity index (χ3v) is 2.51. The number of hydrogen-bond acceptors (Lipinski definition) is 3. The lowest BCUT2D eigenvalue weighted by Gasteiger charge is -2.07. The van der Waals surface area contributed by atoms with E-state index in [1.807, 2.05) is 6.92 Å². The molecule has 0 aromatic heterocycles. The number of nitrogens with one attached hydrogen (secondary N) is 2. The number of aryl methyl sites for hydroxylation is 1. The zero-order valence-electron chi connectivity index (χ0n) is 9.40. The fourth-order valence-electron chi connectivity index (χ4n) is 1.48. The van der Waals surface area contributed by atoms with E-state index in [2.05, 4.69) is 10.6 Å². The van der Waals surface area contributed by atoms with Gasteiger partial charge in [0.2, 0.25) is 0 Å². The van der Waals surface area contributed by atoms with Crippen molar-refractivity contribution in [2.45, 2.75) is 25.8 Å². The molecule has 0 bridgehead atoms. The normalized spacial score (nSPS) is 14.2. The topological polar surface area (TPSA) is 84.3 Å². The summed E-state index contributed by atoms with van der Waals surface area (Å²) in [6.07, 6.45) is 1.95. The zero-order valence-corrected chi connectivity index (χ0v) is 9.40. The fourth-order valence-corrected chi connectivity index (χ4v) is 1.48. The van der Waals surface area contributed by atoms with Crippen LogP contribution in [0.3, 0.4) is 0 Å². The van der Waals surface area contributed by atoms with Crippen molar-refractivity contribution in [3.63, 3.8) is 0 Å². The number of nitrogens with zero attached hydrogens (tertiary/aromatic N) is 1. The first-order valence-corrected chi connectivity index (χ1v) is 5.39. The molecule has 1 aliphatic carbocycles. The molecule has 2 N–H and O–H groups in total. The first kappa shape index (κ1) is 11.4. The molecule has 2 rings (SSSR count). The zero-order chi connectivity index (χ0) is 12.4. The summed E-state index contributed by atoms with van der Waals surface area (Å²) in [7, 11) is 0. The van der Waals surface area contributed by atoms with Gasteiger partial charge in [0.1, 0.15) is 5.69 Å². The fraction of sp³-hybridized carbons (Fsp3) is 0.364. The molecule has 0 unspecified atom stereocenters. The molecule has 1 saturated carbocycles. The van der Waals surface area contributed by atoms with Crippen LogP contribution in [0.4, 0.5) is 16.2 Å². The number of carbonyl (C=O) groups is 1. The number of carbonyl (C=O) groups excluding carboxylic acids is 1. The molecule has 1 aromatic carbocycles. The third kappa shape index (κ3) is 2.93. The first-order chi connectivity index (χ1) is 8.06. The number of urea groups is 1. The van der Waals surface area contributed by atoms with Crippen LogP contribution in [0.5, 0.6) is 0 Å². The lowest BCUT2D eigenvalue weighted by molar-refractivity contribution is -0.383. The summed E-state index contributed by atoms with van der Waals surface area (Å²) >= 11 is 0. The van der Waals surface area contributed by atoms with E-state index in [4.69, 9.17) is 0 Å². The molecule has 1 fully saturated rings. The second-order valence-corrected chi connectivity index (χ2v) is 4.15. The lowest BCUT2D eigenvalue weighted by atomic mass is 10.2. The summed E-state index contributed by atoms with van der Waals surface area (Å²) in [6, 6.07) is 4.45. The average molecular weight is 235 g/mol. The Labute approximate surface area is 98.2 Å². The highest BCUT2D eigenvalue weighted by Gasteiger charge is 2.24. The molecule has 6 heteroatoms. The Morgan fingerprint density at radius 3 is 2.76 bits per heavy atom. The maximum absolute atomic E-state index is 11.5. The predicted octanol–water partition coefficient (Wildman–Crippen LogP) is 2.19. The van der Waals surface area contributed by atoms with Crippen LogP contribution in [0.15, 0.2) is 18.2 Å². The number of nitro groups is 1. The van der Waals surface area contributed by atoms with Gasteiger partial charge in [-0.1, -0.05) is 6.07 Å². The maximum atomic E-state index is 11.5. The summed E-state index contributed by atoms with van der Waals surface area (Å²) < 4.78 is 0. The Kier molecular flexibility index (Phi) is 2.95. The Bertz CT molecular complexity index is 469. The van der Waals surface area contributed by atoms with E-state index in [1.165, 1.54) is 6.07 Å². The predicted molar refractivity (Wildman–Crippen MR) is 63.0 cm³/mol. The number of hydrogen-bond donors (Lipinski definition) is 2. The van der Waals surface area contributed by atoms with E-state index < -0.39 is 4.92 Å². The van der Waals surface area contributed by atoms with Gasteiger partial charge in [-0.25, -0.2) is 4.79 Å². The Morgan fingerprint density at radius 2 is 2.18 bits per heavy atom. The van der Waals surface area contributed by atoms with Crippen LogP contribution in [0.1, 0.15) is 18.4 Å². The van der Waals surface area contributed by atoms with E-state index in [-0.39, 0.29) is 23.4 Å².